The molecular formula is C13H16N2O3S. The molecule has 1 aliphatic rings. The van der Waals surface area contributed by atoms with E-state index in [9.17, 15) is 14.7 Å². The number of carboxylic acids is 1. The Morgan fingerprint density at radius 1 is 1.53 bits per heavy atom. The van der Waals surface area contributed by atoms with Crippen LogP contribution in [0.15, 0.2) is 18.5 Å². The second-order valence-electron chi connectivity index (χ2n) is 4.51. The summed E-state index contributed by atoms with van der Waals surface area (Å²) in [6, 6.07) is 0.993. The quantitative estimate of drug-likeness (QED) is 0.913. The van der Waals surface area contributed by atoms with Gasteiger partial charge < -0.3 is 10.0 Å². The fourth-order valence-electron chi connectivity index (χ4n) is 2.16. The van der Waals surface area contributed by atoms with Crippen LogP contribution in [0.2, 0.25) is 0 Å². The van der Waals surface area contributed by atoms with E-state index >= 15 is 0 Å². The van der Waals surface area contributed by atoms with Gasteiger partial charge in [0.25, 0.3) is 5.91 Å². The summed E-state index contributed by atoms with van der Waals surface area (Å²) < 4.78 is 0. The Morgan fingerprint density at radius 2 is 2.26 bits per heavy atom. The highest BCUT2D eigenvalue weighted by atomic mass is 32.2. The smallest absolute Gasteiger partial charge is 0.327 e. The molecule has 5 nitrogen and oxygen atoms in total. The van der Waals surface area contributed by atoms with Gasteiger partial charge in [-0.15, -0.1) is 11.8 Å². The molecule has 0 spiro atoms. The second-order valence-corrected chi connectivity index (χ2v) is 5.72. The van der Waals surface area contributed by atoms with Crippen LogP contribution in [-0.4, -0.2) is 44.0 Å². The summed E-state index contributed by atoms with van der Waals surface area (Å²) >= 11 is 1.52. The second kappa shape index (κ2) is 5.61. The largest absolute Gasteiger partial charge is 0.480 e. The van der Waals surface area contributed by atoms with Crippen molar-refractivity contribution >= 4 is 23.6 Å². The average Bonchev–Trinajstić information content (AvgIpc) is 2.81. The molecule has 2 heterocycles. The Hall–Kier alpha value is -1.56. The third-order valence-electron chi connectivity index (χ3n) is 3.08. The molecule has 1 aromatic rings. The van der Waals surface area contributed by atoms with Gasteiger partial charge in [-0.05, 0) is 25.0 Å². The maximum Gasteiger partial charge on any atom is 0.327 e. The SMILES string of the molecule is CCC1SCC(C(=O)O)N1C(=O)c1cncc(C)c1. The van der Waals surface area contributed by atoms with Gasteiger partial charge in [0.2, 0.25) is 0 Å². The van der Waals surface area contributed by atoms with Crippen LogP contribution in [0.25, 0.3) is 0 Å². The van der Waals surface area contributed by atoms with Crippen molar-refractivity contribution in [3.05, 3.63) is 29.6 Å². The first-order valence-corrected chi connectivity index (χ1v) is 7.18. The molecule has 0 radical (unpaired) electrons. The molecule has 1 saturated heterocycles. The molecule has 0 saturated carbocycles. The van der Waals surface area contributed by atoms with Crippen molar-refractivity contribution in [3.8, 4) is 0 Å². The van der Waals surface area contributed by atoms with Gasteiger partial charge in [0, 0.05) is 18.1 Å². The first kappa shape index (κ1) is 13.9. The highest BCUT2D eigenvalue weighted by Gasteiger charge is 2.41. The van der Waals surface area contributed by atoms with E-state index in [0.717, 1.165) is 12.0 Å². The molecular weight excluding hydrogens is 264 g/mol. The first-order chi connectivity index (χ1) is 9.04. The predicted octanol–water partition coefficient (Wildman–Crippen LogP) is 1.77. The number of carboxylic acid groups (broad SMARTS) is 1. The molecule has 0 bridgehead atoms. The number of amides is 1. The minimum Gasteiger partial charge on any atom is -0.480 e. The molecule has 1 fully saturated rings. The lowest BCUT2D eigenvalue weighted by atomic mass is 10.1. The number of carbonyl (C=O) groups is 2. The number of aromatic nitrogens is 1. The fraction of sp³-hybridized carbons (Fsp3) is 0.462. The number of carbonyl (C=O) groups excluding carboxylic acids is 1. The summed E-state index contributed by atoms with van der Waals surface area (Å²) in [6.45, 7) is 3.81. The van der Waals surface area contributed by atoms with E-state index < -0.39 is 12.0 Å². The number of hydrogen-bond donors (Lipinski definition) is 1. The van der Waals surface area contributed by atoms with Crippen molar-refractivity contribution in [2.24, 2.45) is 0 Å². The summed E-state index contributed by atoms with van der Waals surface area (Å²) in [7, 11) is 0. The van der Waals surface area contributed by atoms with Gasteiger partial charge in [-0.25, -0.2) is 4.79 Å². The Balaban J connectivity index is 2.31. The van der Waals surface area contributed by atoms with Crippen LogP contribution < -0.4 is 0 Å². The number of pyridine rings is 1. The average molecular weight is 280 g/mol. The molecule has 102 valence electrons. The number of aryl methyl sites for hydroxylation is 1. The maximum atomic E-state index is 12.5. The zero-order chi connectivity index (χ0) is 14.0. The molecule has 0 aromatic carbocycles. The van der Waals surface area contributed by atoms with Crippen LogP contribution in [0, 0.1) is 6.92 Å². The van der Waals surface area contributed by atoms with E-state index in [2.05, 4.69) is 4.98 Å². The monoisotopic (exact) mass is 280 g/mol. The summed E-state index contributed by atoms with van der Waals surface area (Å²) in [5, 5.41) is 9.15. The number of rotatable bonds is 3. The number of nitrogens with zero attached hydrogens (tertiary/aromatic N) is 2. The number of hydrogen-bond acceptors (Lipinski definition) is 4. The van der Waals surface area contributed by atoms with Crippen molar-refractivity contribution < 1.29 is 14.7 Å². The normalized spacial score (nSPS) is 22.5. The van der Waals surface area contributed by atoms with Crippen LogP contribution in [0.5, 0.6) is 0 Å². The van der Waals surface area contributed by atoms with Gasteiger partial charge in [0.1, 0.15) is 6.04 Å². The van der Waals surface area contributed by atoms with Crippen LogP contribution >= 0.6 is 11.8 Å². The van der Waals surface area contributed by atoms with Crippen molar-refractivity contribution in [1.82, 2.24) is 9.88 Å². The number of thioether (sulfide) groups is 1. The van der Waals surface area contributed by atoms with E-state index in [1.54, 1.807) is 12.3 Å². The molecule has 2 atom stereocenters. The third-order valence-corrected chi connectivity index (χ3v) is 4.54. The third kappa shape index (κ3) is 2.73. The Kier molecular flexibility index (Phi) is 4.09. The summed E-state index contributed by atoms with van der Waals surface area (Å²) in [4.78, 5) is 29.2. The Labute approximate surface area is 116 Å². The molecule has 19 heavy (non-hydrogen) atoms. The van der Waals surface area contributed by atoms with E-state index in [1.165, 1.54) is 22.9 Å². The van der Waals surface area contributed by atoms with E-state index in [-0.39, 0.29) is 11.3 Å². The first-order valence-electron chi connectivity index (χ1n) is 6.13. The zero-order valence-electron chi connectivity index (χ0n) is 10.9. The maximum absolute atomic E-state index is 12.5. The highest BCUT2D eigenvalue weighted by Crippen LogP contribution is 2.32. The van der Waals surface area contributed by atoms with Crippen molar-refractivity contribution in [3.63, 3.8) is 0 Å². The standard InChI is InChI=1S/C13H16N2O3S/c1-3-11-15(10(7-19-11)13(17)18)12(16)9-4-8(2)5-14-6-9/h4-6,10-11H,3,7H2,1-2H3,(H,17,18). The van der Waals surface area contributed by atoms with Crippen molar-refractivity contribution in [2.75, 3.05) is 5.75 Å². The molecule has 6 heteroatoms. The van der Waals surface area contributed by atoms with E-state index in [0.29, 0.717) is 11.3 Å². The molecule has 2 rings (SSSR count). The molecule has 2 unspecified atom stereocenters. The topological polar surface area (TPSA) is 70.5 Å². The molecule has 1 N–H and O–H groups in total. The van der Waals surface area contributed by atoms with Crippen LogP contribution in [0.4, 0.5) is 0 Å². The van der Waals surface area contributed by atoms with Gasteiger partial charge in [0.05, 0.1) is 10.9 Å². The minimum absolute atomic E-state index is 0.0749. The Bertz CT molecular complexity index is 506. The van der Waals surface area contributed by atoms with Crippen molar-refractivity contribution in [2.45, 2.75) is 31.7 Å². The van der Waals surface area contributed by atoms with Gasteiger partial charge in [-0.3, -0.25) is 9.78 Å². The predicted molar refractivity (Wildman–Crippen MR) is 73.1 cm³/mol. The van der Waals surface area contributed by atoms with E-state index in [4.69, 9.17) is 0 Å². The summed E-state index contributed by atoms with van der Waals surface area (Å²) in [6.07, 6.45) is 3.89. The van der Waals surface area contributed by atoms with E-state index in [1.807, 2.05) is 13.8 Å². The van der Waals surface area contributed by atoms with Gasteiger partial charge in [0.15, 0.2) is 0 Å². The minimum atomic E-state index is -0.947. The lowest BCUT2D eigenvalue weighted by molar-refractivity contribution is -0.141. The fourth-order valence-corrected chi connectivity index (χ4v) is 3.51. The van der Waals surface area contributed by atoms with Gasteiger partial charge >= 0.3 is 5.97 Å². The lowest BCUT2D eigenvalue weighted by Crippen LogP contribution is -2.45. The number of aliphatic carboxylic acids is 1. The summed E-state index contributed by atoms with van der Waals surface area (Å²) in [5.41, 5.74) is 1.34. The highest BCUT2D eigenvalue weighted by molar-refractivity contribution is 8.00. The van der Waals surface area contributed by atoms with Gasteiger partial charge in [-0.1, -0.05) is 6.92 Å². The van der Waals surface area contributed by atoms with Crippen LogP contribution in [0.3, 0.4) is 0 Å². The summed E-state index contributed by atoms with van der Waals surface area (Å²) in [5.74, 6) is -0.753. The van der Waals surface area contributed by atoms with Crippen LogP contribution in [0.1, 0.15) is 29.3 Å². The molecule has 1 amide bonds. The van der Waals surface area contributed by atoms with Gasteiger partial charge in [-0.2, -0.15) is 0 Å². The van der Waals surface area contributed by atoms with Crippen molar-refractivity contribution in [1.29, 1.82) is 0 Å². The zero-order valence-corrected chi connectivity index (χ0v) is 11.7. The Morgan fingerprint density at radius 3 is 2.84 bits per heavy atom. The molecule has 0 aliphatic carbocycles. The molecule has 1 aromatic heterocycles. The lowest BCUT2D eigenvalue weighted by Gasteiger charge is -2.26. The molecule has 1 aliphatic heterocycles. The van der Waals surface area contributed by atoms with Crippen LogP contribution in [-0.2, 0) is 4.79 Å².